The van der Waals surface area contributed by atoms with Gasteiger partial charge in [-0.25, -0.2) is 0 Å². The Balaban J connectivity index is 2.32. The SMILES string of the molecule is C/C(C=O)=C(\NC(=O)c1ccccn1)c1ccccn1. The van der Waals surface area contributed by atoms with Gasteiger partial charge in [0.2, 0.25) is 0 Å². The highest BCUT2D eigenvalue weighted by Gasteiger charge is 2.13. The largest absolute Gasteiger partial charge is 0.318 e. The van der Waals surface area contributed by atoms with Crippen LogP contribution in [0.25, 0.3) is 5.70 Å². The zero-order valence-electron chi connectivity index (χ0n) is 10.9. The zero-order chi connectivity index (χ0) is 14.4. The van der Waals surface area contributed by atoms with Crippen molar-refractivity contribution < 1.29 is 9.59 Å². The van der Waals surface area contributed by atoms with Crippen LogP contribution >= 0.6 is 0 Å². The van der Waals surface area contributed by atoms with E-state index in [1.54, 1.807) is 49.5 Å². The monoisotopic (exact) mass is 267 g/mol. The predicted octanol–water partition coefficient (Wildman–Crippen LogP) is 1.84. The van der Waals surface area contributed by atoms with Crippen LogP contribution in [0.2, 0.25) is 0 Å². The molecule has 0 saturated heterocycles. The number of carbonyl (C=O) groups excluding carboxylic acids is 2. The Morgan fingerprint density at radius 1 is 1.05 bits per heavy atom. The first-order valence-electron chi connectivity index (χ1n) is 6.02. The number of hydrogen-bond acceptors (Lipinski definition) is 4. The maximum Gasteiger partial charge on any atom is 0.274 e. The van der Waals surface area contributed by atoms with Gasteiger partial charge in [-0.1, -0.05) is 12.1 Å². The lowest BCUT2D eigenvalue weighted by Gasteiger charge is -2.10. The Kier molecular flexibility index (Phi) is 4.34. The lowest BCUT2D eigenvalue weighted by Crippen LogP contribution is -2.24. The standard InChI is InChI=1S/C15H13N3O2/c1-11(10-19)14(12-6-2-4-8-16-12)18-15(20)13-7-3-5-9-17-13/h2-10H,1H3,(H,18,20)/b14-11+. The van der Waals surface area contributed by atoms with Gasteiger partial charge in [-0.05, 0) is 31.2 Å². The van der Waals surface area contributed by atoms with Crippen molar-refractivity contribution in [2.24, 2.45) is 0 Å². The molecule has 0 radical (unpaired) electrons. The van der Waals surface area contributed by atoms with E-state index >= 15 is 0 Å². The highest BCUT2D eigenvalue weighted by Crippen LogP contribution is 2.12. The lowest BCUT2D eigenvalue weighted by molar-refractivity contribution is -0.104. The van der Waals surface area contributed by atoms with Gasteiger partial charge in [0.05, 0.1) is 11.4 Å². The second kappa shape index (κ2) is 6.38. The molecule has 0 spiro atoms. The van der Waals surface area contributed by atoms with Crippen molar-refractivity contribution in [2.45, 2.75) is 6.92 Å². The summed E-state index contributed by atoms with van der Waals surface area (Å²) < 4.78 is 0. The molecular formula is C15H13N3O2. The normalized spacial score (nSPS) is 11.4. The van der Waals surface area contributed by atoms with Crippen molar-refractivity contribution in [1.29, 1.82) is 0 Å². The van der Waals surface area contributed by atoms with E-state index < -0.39 is 0 Å². The highest BCUT2D eigenvalue weighted by atomic mass is 16.2. The molecule has 2 rings (SSSR count). The first-order chi connectivity index (χ1) is 9.72. The molecule has 100 valence electrons. The Labute approximate surface area is 116 Å². The number of nitrogens with zero attached hydrogens (tertiary/aromatic N) is 2. The van der Waals surface area contributed by atoms with Gasteiger partial charge in [0.1, 0.15) is 12.0 Å². The fourth-order valence-corrected chi connectivity index (χ4v) is 1.61. The summed E-state index contributed by atoms with van der Waals surface area (Å²) in [6, 6.07) is 10.3. The average Bonchev–Trinajstić information content (AvgIpc) is 2.53. The molecule has 0 bridgehead atoms. The predicted molar refractivity (Wildman–Crippen MR) is 74.6 cm³/mol. The van der Waals surface area contributed by atoms with Crippen LogP contribution in [0.5, 0.6) is 0 Å². The van der Waals surface area contributed by atoms with E-state index in [4.69, 9.17) is 0 Å². The minimum absolute atomic E-state index is 0.277. The number of nitrogens with one attached hydrogen (secondary N) is 1. The third kappa shape index (κ3) is 3.14. The van der Waals surface area contributed by atoms with Crippen molar-refractivity contribution >= 4 is 17.9 Å². The van der Waals surface area contributed by atoms with Crippen molar-refractivity contribution in [3.8, 4) is 0 Å². The molecule has 0 unspecified atom stereocenters. The summed E-state index contributed by atoms with van der Waals surface area (Å²) in [6.07, 6.45) is 3.81. The van der Waals surface area contributed by atoms with Gasteiger partial charge in [-0.3, -0.25) is 19.6 Å². The Bertz CT molecular complexity index is 637. The summed E-state index contributed by atoms with van der Waals surface area (Å²) in [5.41, 5.74) is 1.59. The first-order valence-corrected chi connectivity index (χ1v) is 6.02. The molecule has 0 aliphatic heterocycles. The Morgan fingerprint density at radius 2 is 1.65 bits per heavy atom. The lowest BCUT2D eigenvalue weighted by atomic mass is 10.1. The maximum absolute atomic E-state index is 12.1. The number of hydrogen-bond donors (Lipinski definition) is 1. The molecule has 2 aromatic heterocycles. The van der Waals surface area contributed by atoms with Crippen LogP contribution < -0.4 is 5.32 Å². The maximum atomic E-state index is 12.1. The number of carbonyl (C=O) groups is 2. The molecule has 0 aliphatic carbocycles. The second-order valence-electron chi connectivity index (χ2n) is 4.06. The molecular weight excluding hydrogens is 254 g/mol. The Hall–Kier alpha value is -2.82. The molecule has 1 N–H and O–H groups in total. The fourth-order valence-electron chi connectivity index (χ4n) is 1.61. The molecule has 0 saturated carbocycles. The van der Waals surface area contributed by atoms with Gasteiger partial charge in [0, 0.05) is 18.0 Å². The molecule has 0 atom stereocenters. The molecule has 2 aromatic rings. The summed E-state index contributed by atoms with van der Waals surface area (Å²) in [7, 11) is 0. The molecule has 0 aliphatic rings. The molecule has 5 heteroatoms. The van der Waals surface area contributed by atoms with Crippen molar-refractivity contribution in [2.75, 3.05) is 0 Å². The highest BCUT2D eigenvalue weighted by molar-refractivity contribution is 6.00. The number of allylic oxidation sites excluding steroid dienone is 1. The van der Waals surface area contributed by atoms with Gasteiger partial charge in [-0.2, -0.15) is 0 Å². The summed E-state index contributed by atoms with van der Waals surface area (Å²) in [5, 5.41) is 2.68. The second-order valence-corrected chi connectivity index (χ2v) is 4.06. The number of aldehydes is 1. The molecule has 0 aromatic carbocycles. The smallest absolute Gasteiger partial charge is 0.274 e. The van der Waals surface area contributed by atoms with Gasteiger partial charge in [0.25, 0.3) is 5.91 Å². The van der Waals surface area contributed by atoms with Crippen molar-refractivity contribution in [3.63, 3.8) is 0 Å². The average molecular weight is 267 g/mol. The van der Waals surface area contributed by atoms with Gasteiger partial charge in [-0.15, -0.1) is 0 Å². The molecule has 1 amide bonds. The van der Waals surface area contributed by atoms with Crippen LogP contribution in [0.4, 0.5) is 0 Å². The molecule has 0 fully saturated rings. The quantitative estimate of drug-likeness (QED) is 0.677. The summed E-state index contributed by atoms with van der Waals surface area (Å²) in [4.78, 5) is 31.2. The van der Waals surface area contributed by atoms with E-state index in [0.29, 0.717) is 23.3 Å². The van der Waals surface area contributed by atoms with Crippen LogP contribution in [0.15, 0.2) is 54.4 Å². The number of amides is 1. The minimum Gasteiger partial charge on any atom is -0.318 e. The van der Waals surface area contributed by atoms with E-state index in [2.05, 4.69) is 15.3 Å². The van der Waals surface area contributed by atoms with Crippen LogP contribution in [-0.4, -0.2) is 22.2 Å². The third-order valence-electron chi connectivity index (χ3n) is 2.63. The van der Waals surface area contributed by atoms with E-state index in [0.717, 1.165) is 0 Å². The third-order valence-corrected chi connectivity index (χ3v) is 2.63. The first kappa shape index (κ1) is 13.6. The summed E-state index contributed by atoms with van der Waals surface area (Å²) >= 11 is 0. The molecule has 20 heavy (non-hydrogen) atoms. The number of pyridine rings is 2. The molecule has 2 heterocycles. The Morgan fingerprint density at radius 3 is 2.15 bits per heavy atom. The van der Waals surface area contributed by atoms with Crippen molar-refractivity contribution in [1.82, 2.24) is 15.3 Å². The van der Waals surface area contributed by atoms with Crippen LogP contribution in [-0.2, 0) is 4.79 Å². The van der Waals surface area contributed by atoms with Crippen molar-refractivity contribution in [3.05, 3.63) is 65.8 Å². The van der Waals surface area contributed by atoms with E-state index in [-0.39, 0.29) is 11.6 Å². The zero-order valence-corrected chi connectivity index (χ0v) is 10.9. The topological polar surface area (TPSA) is 72.0 Å². The van der Waals surface area contributed by atoms with E-state index in [1.807, 2.05) is 0 Å². The molecule has 5 nitrogen and oxygen atoms in total. The van der Waals surface area contributed by atoms with E-state index in [9.17, 15) is 9.59 Å². The summed E-state index contributed by atoms with van der Waals surface area (Å²) in [6.45, 7) is 1.62. The van der Waals surface area contributed by atoms with Crippen LogP contribution in [0, 0.1) is 0 Å². The minimum atomic E-state index is -0.382. The van der Waals surface area contributed by atoms with Crippen LogP contribution in [0.3, 0.4) is 0 Å². The van der Waals surface area contributed by atoms with E-state index in [1.165, 1.54) is 6.20 Å². The van der Waals surface area contributed by atoms with Gasteiger partial charge < -0.3 is 5.32 Å². The number of aromatic nitrogens is 2. The van der Waals surface area contributed by atoms with Gasteiger partial charge >= 0.3 is 0 Å². The summed E-state index contributed by atoms with van der Waals surface area (Å²) in [5.74, 6) is -0.382. The van der Waals surface area contributed by atoms with Gasteiger partial charge in [0.15, 0.2) is 0 Å². The number of rotatable bonds is 4. The van der Waals surface area contributed by atoms with Crippen LogP contribution in [0.1, 0.15) is 23.1 Å². The fraction of sp³-hybridized carbons (Fsp3) is 0.0667.